The lowest BCUT2D eigenvalue weighted by molar-refractivity contribution is 0.102. The summed E-state index contributed by atoms with van der Waals surface area (Å²) in [6, 6.07) is 4.33. The van der Waals surface area contributed by atoms with Crippen LogP contribution < -0.4 is 10.2 Å². The van der Waals surface area contributed by atoms with Crippen molar-refractivity contribution in [2.24, 2.45) is 0 Å². The number of morpholine rings is 1. The van der Waals surface area contributed by atoms with E-state index in [4.69, 9.17) is 19.4 Å². The Kier molecular flexibility index (Phi) is 4.01. The lowest BCUT2D eigenvalue weighted by atomic mass is 9.95. The summed E-state index contributed by atoms with van der Waals surface area (Å²) in [6.45, 7) is 5.09. The molecule has 8 nitrogen and oxygen atoms in total. The Morgan fingerprint density at radius 1 is 1.19 bits per heavy atom. The van der Waals surface area contributed by atoms with Crippen LogP contribution >= 0.6 is 0 Å². The Bertz CT molecular complexity index is 788. The molecule has 3 atom stereocenters. The van der Waals surface area contributed by atoms with Crippen molar-refractivity contribution in [1.82, 2.24) is 19.7 Å². The molecule has 8 heteroatoms. The number of nitrogens with zero attached hydrogens (tertiary/aromatic N) is 5. The summed E-state index contributed by atoms with van der Waals surface area (Å²) in [6.07, 6.45) is 5.98. The summed E-state index contributed by atoms with van der Waals surface area (Å²) in [5.41, 5.74) is 0.946. The SMILES string of the molecule is Cc1ccn(-c2nc(N[C@H]3C[C@@H]4CC[C@H]3O4)cc(N3CCOCC3)n2)n1. The second-order valence-electron chi connectivity index (χ2n) is 7.27. The van der Waals surface area contributed by atoms with E-state index in [0.29, 0.717) is 24.2 Å². The van der Waals surface area contributed by atoms with E-state index in [-0.39, 0.29) is 0 Å². The van der Waals surface area contributed by atoms with Gasteiger partial charge in [-0.2, -0.15) is 15.1 Å². The van der Waals surface area contributed by atoms with E-state index in [1.165, 1.54) is 6.42 Å². The van der Waals surface area contributed by atoms with E-state index in [2.05, 4.69) is 15.3 Å². The normalized spacial score (nSPS) is 27.9. The van der Waals surface area contributed by atoms with Crippen molar-refractivity contribution in [2.45, 2.75) is 44.4 Å². The van der Waals surface area contributed by atoms with Gasteiger partial charge in [-0.25, -0.2) is 4.68 Å². The van der Waals surface area contributed by atoms with E-state index in [1.54, 1.807) is 4.68 Å². The van der Waals surface area contributed by atoms with Crippen LogP contribution in [-0.4, -0.2) is 64.3 Å². The van der Waals surface area contributed by atoms with Crippen LogP contribution in [0.15, 0.2) is 18.3 Å². The minimum absolute atomic E-state index is 0.303. The fraction of sp³-hybridized carbons (Fsp3) is 0.611. The molecule has 2 bridgehead atoms. The van der Waals surface area contributed by atoms with Crippen LogP contribution in [0.4, 0.5) is 11.6 Å². The highest BCUT2D eigenvalue weighted by molar-refractivity contribution is 5.52. The number of ether oxygens (including phenoxy) is 2. The van der Waals surface area contributed by atoms with Crippen LogP contribution in [0.5, 0.6) is 0 Å². The van der Waals surface area contributed by atoms with Crippen molar-refractivity contribution in [3.63, 3.8) is 0 Å². The van der Waals surface area contributed by atoms with Gasteiger partial charge in [0.25, 0.3) is 5.95 Å². The number of hydrogen-bond donors (Lipinski definition) is 1. The van der Waals surface area contributed by atoms with E-state index >= 15 is 0 Å². The monoisotopic (exact) mass is 356 g/mol. The molecular formula is C18H24N6O2. The maximum absolute atomic E-state index is 5.97. The van der Waals surface area contributed by atoms with Crippen LogP contribution in [0.2, 0.25) is 0 Å². The lowest BCUT2D eigenvalue weighted by Crippen LogP contribution is -2.37. The second-order valence-corrected chi connectivity index (χ2v) is 7.27. The molecule has 0 saturated carbocycles. The number of rotatable bonds is 4. The Hall–Kier alpha value is -2.19. The molecule has 0 aromatic carbocycles. The van der Waals surface area contributed by atoms with Crippen LogP contribution in [0.25, 0.3) is 5.95 Å². The first-order valence-corrected chi connectivity index (χ1v) is 9.41. The fourth-order valence-electron chi connectivity index (χ4n) is 4.06. The minimum Gasteiger partial charge on any atom is -0.378 e. The van der Waals surface area contributed by atoms with Crippen molar-refractivity contribution in [3.05, 3.63) is 24.0 Å². The van der Waals surface area contributed by atoms with Gasteiger partial charge in [-0.15, -0.1) is 0 Å². The molecule has 3 aliphatic rings. The maximum Gasteiger partial charge on any atom is 0.254 e. The van der Waals surface area contributed by atoms with E-state index in [9.17, 15) is 0 Å². The van der Waals surface area contributed by atoms with Crippen LogP contribution in [0.3, 0.4) is 0 Å². The number of aromatic nitrogens is 4. The highest BCUT2D eigenvalue weighted by Crippen LogP contribution is 2.36. The summed E-state index contributed by atoms with van der Waals surface area (Å²) in [5, 5.41) is 8.07. The molecule has 0 radical (unpaired) electrons. The van der Waals surface area contributed by atoms with Gasteiger partial charge in [-0.3, -0.25) is 0 Å². The third-order valence-corrected chi connectivity index (χ3v) is 5.40. The lowest BCUT2D eigenvalue weighted by Gasteiger charge is -2.28. The summed E-state index contributed by atoms with van der Waals surface area (Å²) in [4.78, 5) is 11.7. The molecule has 0 unspecified atom stereocenters. The van der Waals surface area contributed by atoms with E-state index in [1.807, 2.05) is 25.3 Å². The molecular weight excluding hydrogens is 332 g/mol. The number of aryl methyl sites for hydroxylation is 1. The molecule has 2 aromatic heterocycles. The second kappa shape index (κ2) is 6.51. The number of hydrogen-bond acceptors (Lipinski definition) is 7. The Labute approximate surface area is 152 Å². The number of nitrogens with one attached hydrogen (secondary N) is 1. The highest BCUT2D eigenvalue weighted by atomic mass is 16.5. The molecule has 5 heterocycles. The molecule has 1 N–H and O–H groups in total. The van der Waals surface area contributed by atoms with Crippen LogP contribution in [-0.2, 0) is 9.47 Å². The molecule has 3 aliphatic heterocycles. The van der Waals surface area contributed by atoms with Crippen molar-refractivity contribution in [1.29, 1.82) is 0 Å². The van der Waals surface area contributed by atoms with Crippen molar-refractivity contribution in [2.75, 3.05) is 36.5 Å². The van der Waals surface area contributed by atoms with Gasteiger partial charge in [-0.05, 0) is 32.3 Å². The molecule has 138 valence electrons. The summed E-state index contributed by atoms with van der Waals surface area (Å²) in [5.74, 6) is 2.34. The zero-order chi connectivity index (χ0) is 17.5. The fourth-order valence-corrected chi connectivity index (χ4v) is 4.06. The predicted octanol–water partition coefficient (Wildman–Crippen LogP) is 1.54. The van der Waals surface area contributed by atoms with Gasteiger partial charge in [0.2, 0.25) is 0 Å². The third-order valence-electron chi connectivity index (χ3n) is 5.40. The summed E-state index contributed by atoms with van der Waals surface area (Å²) in [7, 11) is 0. The average molecular weight is 356 g/mol. The summed E-state index contributed by atoms with van der Waals surface area (Å²) >= 11 is 0. The van der Waals surface area contributed by atoms with Gasteiger partial charge in [0.05, 0.1) is 37.2 Å². The summed E-state index contributed by atoms with van der Waals surface area (Å²) < 4.78 is 13.2. The molecule has 26 heavy (non-hydrogen) atoms. The van der Waals surface area contributed by atoms with Gasteiger partial charge in [-0.1, -0.05) is 0 Å². The van der Waals surface area contributed by atoms with Crippen LogP contribution in [0.1, 0.15) is 25.0 Å². The van der Waals surface area contributed by atoms with E-state index < -0.39 is 0 Å². The highest BCUT2D eigenvalue weighted by Gasteiger charge is 2.41. The molecule has 0 spiro atoms. The van der Waals surface area contributed by atoms with Crippen molar-refractivity contribution in [3.8, 4) is 5.95 Å². The Morgan fingerprint density at radius 3 is 2.77 bits per heavy atom. The predicted molar refractivity (Wildman–Crippen MR) is 96.8 cm³/mol. The first-order valence-electron chi connectivity index (χ1n) is 9.41. The molecule has 0 amide bonds. The standard InChI is InChI=1S/C18H24N6O2/c1-12-4-5-24(22-12)18-20-16(19-14-10-13-2-3-15(14)26-13)11-17(21-18)23-6-8-25-9-7-23/h4-5,11,13-15H,2-3,6-10H2,1H3,(H,19,20,21)/t13-,14-,15+/m0/s1. The maximum atomic E-state index is 5.97. The van der Waals surface area contributed by atoms with Crippen molar-refractivity contribution >= 4 is 11.6 Å². The van der Waals surface area contributed by atoms with Gasteiger partial charge in [0.15, 0.2) is 0 Å². The zero-order valence-corrected chi connectivity index (χ0v) is 15.0. The molecule has 3 fully saturated rings. The average Bonchev–Trinajstić information content (AvgIpc) is 3.39. The molecule has 0 aliphatic carbocycles. The smallest absolute Gasteiger partial charge is 0.254 e. The largest absolute Gasteiger partial charge is 0.378 e. The molecule has 5 rings (SSSR count). The first-order chi connectivity index (χ1) is 12.7. The Balaban J connectivity index is 1.46. The topological polar surface area (TPSA) is 77.3 Å². The van der Waals surface area contributed by atoms with Crippen molar-refractivity contribution < 1.29 is 9.47 Å². The van der Waals surface area contributed by atoms with Gasteiger partial charge >= 0.3 is 0 Å². The van der Waals surface area contributed by atoms with Gasteiger partial charge in [0, 0.05) is 25.4 Å². The molecule has 3 saturated heterocycles. The third kappa shape index (κ3) is 3.03. The van der Waals surface area contributed by atoms with E-state index in [0.717, 1.165) is 56.5 Å². The number of anilines is 2. The quantitative estimate of drug-likeness (QED) is 0.890. The zero-order valence-electron chi connectivity index (χ0n) is 15.0. The first kappa shape index (κ1) is 16.0. The molecule has 2 aromatic rings. The number of fused-ring (bicyclic) bond motifs is 2. The van der Waals surface area contributed by atoms with Crippen LogP contribution in [0, 0.1) is 6.92 Å². The van der Waals surface area contributed by atoms with Gasteiger partial charge in [0.1, 0.15) is 11.6 Å². The minimum atomic E-state index is 0.303. The Morgan fingerprint density at radius 2 is 2.08 bits per heavy atom. The van der Waals surface area contributed by atoms with Gasteiger partial charge < -0.3 is 19.7 Å².